The Kier molecular flexibility index (Phi) is 5.13. The normalized spacial score (nSPS) is 11.8. The highest BCUT2D eigenvalue weighted by Gasteiger charge is 2.28. The van der Waals surface area contributed by atoms with Crippen molar-refractivity contribution in [3.8, 4) is 0 Å². The molecule has 1 heterocycles. The van der Waals surface area contributed by atoms with Gasteiger partial charge < -0.3 is 10.5 Å². The predicted octanol–water partition coefficient (Wildman–Crippen LogP) is 0.161. The summed E-state index contributed by atoms with van der Waals surface area (Å²) in [6.45, 7) is 5.05. The molecule has 20 heavy (non-hydrogen) atoms. The fraction of sp³-hybridized carbons (Fsp3) is 0.417. The number of amides is 3. The molecule has 1 aromatic rings. The number of primary amides is 1. The number of nitrogens with zero attached hydrogens (tertiary/aromatic N) is 2. The van der Waals surface area contributed by atoms with Gasteiger partial charge in [0.05, 0.1) is 11.9 Å². The zero-order valence-corrected chi connectivity index (χ0v) is 11.4. The first-order valence-electron chi connectivity index (χ1n) is 5.91. The SMILES string of the molecule is Cc1cnc(C(=O)O[C@@H](C(=O)NC(N)=O)C(C)C)cn1. The predicted molar refractivity (Wildman–Crippen MR) is 68.5 cm³/mol. The molecule has 1 aromatic heterocycles. The van der Waals surface area contributed by atoms with Gasteiger partial charge in [0.1, 0.15) is 0 Å². The van der Waals surface area contributed by atoms with Crippen LogP contribution in [0.15, 0.2) is 12.4 Å². The number of esters is 1. The van der Waals surface area contributed by atoms with Gasteiger partial charge in [0.25, 0.3) is 5.91 Å². The molecule has 0 radical (unpaired) electrons. The van der Waals surface area contributed by atoms with E-state index >= 15 is 0 Å². The summed E-state index contributed by atoms with van der Waals surface area (Å²) >= 11 is 0. The van der Waals surface area contributed by atoms with Crippen molar-refractivity contribution in [2.75, 3.05) is 0 Å². The third-order valence-electron chi connectivity index (χ3n) is 2.33. The molecule has 3 N–H and O–H groups in total. The molecule has 0 bridgehead atoms. The number of urea groups is 1. The standard InChI is InChI=1S/C12H16N4O4/c1-6(2)9(10(17)16-12(13)19)20-11(18)8-5-14-7(3)4-15-8/h4-6,9H,1-3H3,(H3,13,16,17,19)/t9-/m1/s1. The molecule has 0 spiro atoms. The minimum absolute atomic E-state index is 0.0203. The number of ether oxygens (including phenoxy) is 1. The Balaban J connectivity index is 2.80. The maximum absolute atomic E-state index is 11.8. The molecule has 3 amide bonds. The van der Waals surface area contributed by atoms with E-state index in [1.54, 1.807) is 20.8 Å². The van der Waals surface area contributed by atoms with Crippen molar-refractivity contribution in [1.29, 1.82) is 0 Å². The van der Waals surface area contributed by atoms with Crippen LogP contribution in [-0.2, 0) is 9.53 Å². The van der Waals surface area contributed by atoms with Gasteiger partial charge in [-0.15, -0.1) is 0 Å². The number of hydrogen-bond donors (Lipinski definition) is 2. The second kappa shape index (κ2) is 6.60. The maximum Gasteiger partial charge on any atom is 0.359 e. The van der Waals surface area contributed by atoms with Gasteiger partial charge in [-0.2, -0.15) is 0 Å². The van der Waals surface area contributed by atoms with E-state index in [1.165, 1.54) is 12.4 Å². The number of carbonyl (C=O) groups is 3. The summed E-state index contributed by atoms with van der Waals surface area (Å²) in [6, 6.07) is -1.01. The third kappa shape index (κ3) is 4.30. The molecule has 108 valence electrons. The molecular weight excluding hydrogens is 264 g/mol. The van der Waals surface area contributed by atoms with Crippen LogP contribution in [0.5, 0.6) is 0 Å². The van der Waals surface area contributed by atoms with Gasteiger partial charge in [-0.3, -0.25) is 15.1 Å². The van der Waals surface area contributed by atoms with Gasteiger partial charge in [0, 0.05) is 6.20 Å². The van der Waals surface area contributed by atoms with Crippen LogP contribution in [0.1, 0.15) is 30.0 Å². The molecule has 0 aliphatic heterocycles. The molecule has 0 aliphatic carbocycles. The Morgan fingerprint density at radius 2 is 1.90 bits per heavy atom. The molecule has 1 atom stereocenters. The van der Waals surface area contributed by atoms with E-state index in [9.17, 15) is 14.4 Å². The molecule has 0 saturated carbocycles. The average molecular weight is 280 g/mol. The van der Waals surface area contributed by atoms with Gasteiger partial charge in [-0.25, -0.2) is 14.6 Å². The number of imide groups is 1. The van der Waals surface area contributed by atoms with Crippen LogP contribution in [0, 0.1) is 12.8 Å². The second-order valence-electron chi connectivity index (χ2n) is 4.47. The van der Waals surface area contributed by atoms with Crippen LogP contribution >= 0.6 is 0 Å². The van der Waals surface area contributed by atoms with Gasteiger partial charge in [-0.05, 0) is 12.8 Å². The van der Waals surface area contributed by atoms with Gasteiger partial charge >= 0.3 is 12.0 Å². The zero-order valence-electron chi connectivity index (χ0n) is 11.4. The molecule has 8 nitrogen and oxygen atoms in total. The largest absolute Gasteiger partial charge is 0.447 e. The van der Waals surface area contributed by atoms with Crippen molar-refractivity contribution in [3.63, 3.8) is 0 Å². The Hall–Kier alpha value is -2.51. The highest BCUT2D eigenvalue weighted by Crippen LogP contribution is 2.10. The summed E-state index contributed by atoms with van der Waals surface area (Å²) in [5.41, 5.74) is 5.48. The van der Waals surface area contributed by atoms with Crippen LogP contribution in [0.3, 0.4) is 0 Å². The lowest BCUT2D eigenvalue weighted by atomic mass is 10.1. The lowest BCUT2D eigenvalue weighted by Crippen LogP contribution is -2.45. The molecule has 0 saturated heterocycles. The summed E-state index contributed by atoms with van der Waals surface area (Å²) < 4.78 is 5.04. The summed E-state index contributed by atoms with van der Waals surface area (Å²) in [6.07, 6.45) is 1.52. The molecular formula is C12H16N4O4. The Labute approximate surface area is 115 Å². The number of aryl methyl sites for hydroxylation is 1. The van der Waals surface area contributed by atoms with E-state index in [0.29, 0.717) is 5.69 Å². The van der Waals surface area contributed by atoms with Gasteiger partial charge in [-0.1, -0.05) is 13.8 Å². The fourth-order valence-corrected chi connectivity index (χ4v) is 1.36. The summed E-state index contributed by atoms with van der Waals surface area (Å²) in [5, 5.41) is 1.88. The zero-order chi connectivity index (χ0) is 15.3. The number of rotatable bonds is 4. The lowest BCUT2D eigenvalue weighted by Gasteiger charge is -2.19. The maximum atomic E-state index is 11.8. The van der Waals surface area contributed by atoms with Crippen LogP contribution in [0.4, 0.5) is 4.79 Å². The average Bonchev–Trinajstić information content (AvgIpc) is 2.35. The highest BCUT2D eigenvalue weighted by molar-refractivity contribution is 5.97. The minimum atomic E-state index is -1.14. The number of nitrogens with one attached hydrogen (secondary N) is 1. The first-order chi connectivity index (χ1) is 9.31. The van der Waals surface area contributed by atoms with Crippen molar-refractivity contribution < 1.29 is 19.1 Å². The van der Waals surface area contributed by atoms with E-state index in [1.807, 2.05) is 5.32 Å². The van der Waals surface area contributed by atoms with Crippen LogP contribution in [0.2, 0.25) is 0 Å². The summed E-state index contributed by atoms with van der Waals surface area (Å²) in [7, 11) is 0. The van der Waals surface area contributed by atoms with Crippen LogP contribution in [-0.4, -0.2) is 34.0 Å². The third-order valence-corrected chi connectivity index (χ3v) is 2.33. The second-order valence-corrected chi connectivity index (χ2v) is 4.47. The number of nitrogens with two attached hydrogens (primary N) is 1. The first kappa shape index (κ1) is 15.5. The molecule has 0 fully saturated rings. The summed E-state index contributed by atoms with van der Waals surface area (Å²) in [4.78, 5) is 41.9. The Morgan fingerprint density at radius 3 is 2.35 bits per heavy atom. The molecule has 8 heteroatoms. The first-order valence-corrected chi connectivity index (χ1v) is 5.91. The molecule has 1 rings (SSSR count). The van der Waals surface area contributed by atoms with Crippen LogP contribution < -0.4 is 11.1 Å². The van der Waals surface area contributed by atoms with Gasteiger partial charge in [0.15, 0.2) is 11.8 Å². The van der Waals surface area contributed by atoms with E-state index < -0.39 is 24.0 Å². The Bertz CT molecular complexity index is 513. The van der Waals surface area contributed by atoms with Crippen molar-refractivity contribution in [2.45, 2.75) is 26.9 Å². The monoisotopic (exact) mass is 280 g/mol. The van der Waals surface area contributed by atoms with Crippen molar-refractivity contribution in [3.05, 3.63) is 23.8 Å². The van der Waals surface area contributed by atoms with E-state index in [-0.39, 0.29) is 11.6 Å². The number of hydrogen-bond acceptors (Lipinski definition) is 6. The van der Waals surface area contributed by atoms with Crippen molar-refractivity contribution >= 4 is 17.9 Å². The Morgan fingerprint density at radius 1 is 1.25 bits per heavy atom. The van der Waals surface area contributed by atoms with Gasteiger partial charge in [0.2, 0.25) is 0 Å². The van der Waals surface area contributed by atoms with Crippen molar-refractivity contribution in [1.82, 2.24) is 15.3 Å². The topological polar surface area (TPSA) is 124 Å². The van der Waals surface area contributed by atoms with Crippen LogP contribution in [0.25, 0.3) is 0 Å². The smallest absolute Gasteiger partial charge is 0.359 e. The highest BCUT2D eigenvalue weighted by atomic mass is 16.5. The lowest BCUT2D eigenvalue weighted by molar-refractivity contribution is -0.130. The quantitative estimate of drug-likeness (QED) is 0.757. The molecule has 0 unspecified atom stereocenters. The van der Waals surface area contributed by atoms with E-state index in [0.717, 1.165) is 0 Å². The van der Waals surface area contributed by atoms with E-state index in [4.69, 9.17) is 10.5 Å². The van der Waals surface area contributed by atoms with E-state index in [2.05, 4.69) is 9.97 Å². The number of carbonyl (C=O) groups excluding carboxylic acids is 3. The number of aromatic nitrogens is 2. The summed E-state index contributed by atoms with van der Waals surface area (Å²) in [5.74, 6) is -1.91. The molecule has 0 aliphatic rings. The van der Waals surface area contributed by atoms with Crippen molar-refractivity contribution in [2.24, 2.45) is 11.7 Å². The minimum Gasteiger partial charge on any atom is -0.447 e. The molecule has 0 aromatic carbocycles. The fourth-order valence-electron chi connectivity index (χ4n) is 1.36.